The third kappa shape index (κ3) is 3.52. The van der Waals surface area contributed by atoms with Crippen molar-refractivity contribution in [1.29, 1.82) is 0 Å². The van der Waals surface area contributed by atoms with Crippen LogP contribution in [0.3, 0.4) is 0 Å². The summed E-state index contributed by atoms with van der Waals surface area (Å²) in [5.74, 6) is -1.78. The molecule has 0 aliphatic rings. The zero-order valence-corrected chi connectivity index (χ0v) is 11.3. The van der Waals surface area contributed by atoms with Crippen LogP contribution in [0.5, 0.6) is 0 Å². The van der Waals surface area contributed by atoms with Gasteiger partial charge in [0.05, 0.1) is 5.02 Å². The standard InChI is InChI=1S/C15H13ClF3N/c16-12-5-4-9(7-15(12)19)6-10(20)8-11-13(17)2-1-3-14(11)18/h1-5,7,10H,6,8,20H2. The Kier molecular flexibility index (Phi) is 4.68. The third-order valence-electron chi connectivity index (χ3n) is 3.01. The van der Waals surface area contributed by atoms with Crippen molar-refractivity contribution >= 4 is 11.6 Å². The molecular formula is C15H13ClF3N. The van der Waals surface area contributed by atoms with Crippen LogP contribution in [0, 0.1) is 17.5 Å². The molecule has 0 saturated heterocycles. The maximum atomic E-state index is 13.5. The van der Waals surface area contributed by atoms with E-state index in [2.05, 4.69) is 0 Å². The first-order valence-corrected chi connectivity index (χ1v) is 6.47. The molecule has 0 amide bonds. The van der Waals surface area contributed by atoms with Gasteiger partial charge in [-0.1, -0.05) is 23.7 Å². The van der Waals surface area contributed by atoms with E-state index in [9.17, 15) is 13.2 Å². The van der Waals surface area contributed by atoms with Gasteiger partial charge in [0.25, 0.3) is 0 Å². The van der Waals surface area contributed by atoms with Gasteiger partial charge < -0.3 is 5.73 Å². The molecule has 0 heterocycles. The second kappa shape index (κ2) is 6.29. The zero-order valence-electron chi connectivity index (χ0n) is 10.5. The molecule has 2 aromatic rings. The van der Waals surface area contributed by atoms with Crippen LogP contribution in [0.1, 0.15) is 11.1 Å². The summed E-state index contributed by atoms with van der Waals surface area (Å²) in [7, 11) is 0. The molecule has 0 saturated carbocycles. The predicted octanol–water partition coefficient (Wildman–Crippen LogP) is 3.87. The lowest BCUT2D eigenvalue weighted by atomic mass is 9.99. The van der Waals surface area contributed by atoms with Crippen LogP contribution in [-0.2, 0) is 12.8 Å². The third-order valence-corrected chi connectivity index (χ3v) is 3.32. The summed E-state index contributed by atoms with van der Waals surface area (Å²) in [6, 6.07) is 7.52. The lowest BCUT2D eigenvalue weighted by Gasteiger charge is -2.13. The summed E-state index contributed by atoms with van der Waals surface area (Å²) in [5, 5.41) is 0.0301. The molecule has 0 radical (unpaired) electrons. The van der Waals surface area contributed by atoms with Gasteiger partial charge in [-0.25, -0.2) is 13.2 Å². The molecule has 0 bridgehead atoms. The Hall–Kier alpha value is -1.52. The number of nitrogens with two attached hydrogens (primary N) is 1. The van der Waals surface area contributed by atoms with Crippen molar-refractivity contribution in [2.24, 2.45) is 5.73 Å². The van der Waals surface area contributed by atoms with Crippen LogP contribution in [0.15, 0.2) is 36.4 Å². The molecule has 0 aliphatic heterocycles. The second-order valence-corrected chi connectivity index (χ2v) is 5.02. The summed E-state index contributed by atoms with van der Waals surface area (Å²) < 4.78 is 40.3. The first kappa shape index (κ1) is 14.9. The van der Waals surface area contributed by atoms with Gasteiger partial charge in [0.2, 0.25) is 0 Å². The maximum Gasteiger partial charge on any atom is 0.142 e. The van der Waals surface area contributed by atoms with Gasteiger partial charge in [-0.05, 0) is 42.7 Å². The minimum atomic E-state index is -0.622. The predicted molar refractivity (Wildman–Crippen MR) is 73.2 cm³/mol. The van der Waals surface area contributed by atoms with Gasteiger partial charge in [0, 0.05) is 11.6 Å². The molecular weight excluding hydrogens is 287 g/mol. The van der Waals surface area contributed by atoms with E-state index in [0.717, 1.165) is 0 Å². The van der Waals surface area contributed by atoms with Gasteiger partial charge in [-0.3, -0.25) is 0 Å². The van der Waals surface area contributed by atoms with Crippen LogP contribution in [0.25, 0.3) is 0 Å². The molecule has 5 heteroatoms. The van der Waals surface area contributed by atoms with E-state index in [1.54, 1.807) is 6.07 Å². The number of hydrogen-bond donors (Lipinski definition) is 1. The summed E-state index contributed by atoms with van der Waals surface area (Å²) in [6.45, 7) is 0. The van der Waals surface area contributed by atoms with E-state index in [1.165, 1.54) is 30.3 Å². The fourth-order valence-electron chi connectivity index (χ4n) is 2.03. The number of benzene rings is 2. The smallest absolute Gasteiger partial charge is 0.142 e. The van der Waals surface area contributed by atoms with E-state index in [4.69, 9.17) is 17.3 Å². The fraction of sp³-hybridized carbons (Fsp3) is 0.200. The molecule has 0 aromatic heterocycles. The number of rotatable bonds is 4. The summed E-state index contributed by atoms with van der Waals surface area (Å²) >= 11 is 5.58. The van der Waals surface area contributed by atoms with Crippen molar-refractivity contribution in [3.63, 3.8) is 0 Å². The molecule has 1 unspecified atom stereocenters. The van der Waals surface area contributed by atoms with E-state index < -0.39 is 23.5 Å². The Morgan fingerprint density at radius 1 is 0.950 bits per heavy atom. The van der Waals surface area contributed by atoms with Crippen LogP contribution in [0.4, 0.5) is 13.2 Å². The average molecular weight is 300 g/mol. The fourth-order valence-corrected chi connectivity index (χ4v) is 2.15. The van der Waals surface area contributed by atoms with Gasteiger partial charge in [-0.15, -0.1) is 0 Å². The lowest BCUT2D eigenvalue weighted by molar-refractivity contribution is 0.533. The maximum absolute atomic E-state index is 13.5. The van der Waals surface area contributed by atoms with E-state index >= 15 is 0 Å². The molecule has 2 aromatic carbocycles. The first-order chi connectivity index (χ1) is 9.47. The molecule has 106 valence electrons. The molecule has 2 rings (SSSR count). The molecule has 20 heavy (non-hydrogen) atoms. The minimum absolute atomic E-state index is 0.0301. The van der Waals surface area contributed by atoms with E-state index in [0.29, 0.717) is 12.0 Å². The summed E-state index contributed by atoms with van der Waals surface area (Å²) in [5.41, 5.74) is 6.46. The number of hydrogen-bond acceptors (Lipinski definition) is 1. The van der Waals surface area contributed by atoms with Crippen LogP contribution in [0.2, 0.25) is 5.02 Å². The van der Waals surface area contributed by atoms with Gasteiger partial charge in [0.15, 0.2) is 0 Å². The zero-order chi connectivity index (χ0) is 14.7. The van der Waals surface area contributed by atoms with Crippen molar-refractivity contribution in [1.82, 2.24) is 0 Å². The SMILES string of the molecule is NC(Cc1ccc(Cl)c(F)c1)Cc1c(F)cccc1F. The first-order valence-electron chi connectivity index (χ1n) is 6.09. The van der Waals surface area contributed by atoms with E-state index in [1.807, 2.05) is 0 Å². The van der Waals surface area contributed by atoms with Gasteiger partial charge in [-0.2, -0.15) is 0 Å². The van der Waals surface area contributed by atoms with Gasteiger partial charge >= 0.3 is 0 Å². The monoisotopic (exact) mass is 299 g/mol. The lowest BCUT2D eigenvalue weighted by Crippen LogP contribution is -2.26. The molecule has 1 nitrogen and oxygen atoms in total. The molecule has 0 spiro atoms. The van der Waals surface area contributed by atoms with Crippen molar-refractivity contribution in [2.45, 2.75) is 18.9 Å². The van der Waals surface area contributed by atoms with Crippen LogP contribution >= 0.6 is 11.6 Å². The van der Waals surface area contributed by atoms with E-state index in [-0.39, 0.29) is 17.0 Å². The van der Waals surface area contributed by atoms with Crippen molar-refractivity contribution < 1.29 is 13.2 Å². The highest BCUT2D eigenvalue weighted by Crippen LogP contribution is 2.18. The number of halogens is 4. The van der Waals surface area contributed by atoms with Gasteiger partial charge in [0.1, 0.15) is 17.5 Å². The van der Waals surface area contributed by atoms with Crippen molar-refractivity contribution in [3.05, 3.63) is 70.0 Å². The molecule has 0 aliphatic carbocycles. The molecule has 1 atom stereocenters. The second-order valence-electron chi connectivity index (χ2n) is 4.62. The highest BCUT2D eigenvalue weighted by molar-refractivity contribution is 6.30. The van der Waals surface area contributed by atoms with Crippen LogP contribution in [-0.4, -0.2) is 6.04 Å². The quantitative estimate of drug-likeness (QED) is 0.911. The molecule has 2 N–H and O–H groups in total. The Morgan fingerprint density at radius 3 is 2.20 bits per heavy atom. The summed E-state index contributed by atoms with van der Waals surface area (Å²) in [4.78, 5) is 0. The minimum Gasteiger partial charge on any atom is -0.327 e. The Labute approximate surface area is 120 Å². The highest BCUT2D eigenvalue weighted by Gasteiger charge is 2.14. The normalized spacial score (nSPS) is 12.4. The van der Waals surface area contributed by atoms with Crippen molar-refractivity contribution in [2.75, 3.05) is 0 Å². The molecule has 0 fully saturated rings. The summed E-state index contributed by atoms with van der Waals surface area (Å²) in [6.07, 6.45) is 0.352. The topological polar surface area (TPSA) is 26.0 Å². The van der Waals surface area contributed by atoms with Crippen LogP contribution < -0.4 is 5.73 Å². The van der Waals surface area contributed by atoms with Crippen molar-refractivity contribution in [3.8, 4) is 0 Å². The largest absolute Gasteiger partial charge is 0.327 e. The Morgan fingerprint density at radius 2 is 1.60 bits per heavy atom. The average Bonchev–Trinajstić information content (AvgIpc) is 2.38. The highest BCUT2D eigenvalue weighted by atomic mass is 35.5. The Balaban J connectivity index is 2.09. The Bertz CT molecular complexity index is 596.